The van der Waals surface area contributed by atoms with Crippen molar-refractivity contribution >= 4 is 23.9 Å². The van der Waals surface area contributed by atoms with E-state index in [1.807, 2.05) is 0 Å². The Bertz CT molecular complexity index is 829. The van der Waals surface area contributed by atoms with Gasteiger partial charge in [-0.1, -0.05) is 195 Å². The molecule has 0 aliphatic carbocycles. The Morgan fingerprint density at radius 1 is 0.434 bits per heavy atom. The molecule has 0 heterocycles. The summed E-state index contributed by atoms with van der Waals surface area (Å²) >= 11 is 0. The van der Waals surface area contributed by atoms with Crippen molar-refractivity contribution in [2.24, 2.45) is 11.8 Å². The molecular weight excluding hydrogens is 668 g/mol. The van der Waals surface area contributed by atoms with Gasteiger partial charge in [-0.3, -0.25) is 19.2 Å². The Balaban J connectivity index is 4.42. The summed E-state index contributed by atoms with van der Waals surface area (Å²) in [5, 5.41) is 9.09. The van der Waals surface area contributed by atoms with E-state index in [2.05, 4.69) is 13.8 Å². The van der Waals surface area contributed by atoms with Crippen LogP contribution in [0, 0.1) is 11.8 Å². The molecule has 0 saturated carbocycles. The molecule has 0 aromatic heterocycles. The number of carboxylic acids is 1. The Morgan fingerprint density at radius 2 is 0.736 bits per heavy atom. The molecule has 2 atom stereocenters. The van der Waals surface area contributed by atoms with Gasteiger partial charge in [-0.2, -0.15) is 0 Å². The van der Waals surface area contributed by atoms with Crippen LogP contribution in [0.25, 0.3) is 0 Å². The second kappa shape index (κ2) is 38.2. The van der Waals surface area contributed by atoms with Gasteiger partial charge in [0.2, 0.25) is 0 Å². The fourth-order valence-electron chi connectivity index (χ4n) is 6.63. The second-order valence-corrected chi connectivity index (χ2v) is 15.8. The number of ether oxygens (including phenoxy) is 3. The van der Waals surface area contributed by atoms with Crippen molar-refractivity contribution in [2.75, 3.05) is 13.2 Å². The molecule has 0 spiro atoms. The van der Waals surface area contributed by atoms with Crippen LogP contribution < -0.4 is 0 Å². The number of carbonyl (C=O) groups excluding carboxylic acids is 3. The maximum atomic E-state index is 12.9. The molecule has 2 unspecified atom stereocenters. The number of carboxylic acid groups (broad SMARTS) is 1. The predicted octanol–water partition coefficient (Wildman–Crippen LogP) is 12.9. The largest absolute Gasteiger partial charge is 0.481 e. The zero-order valence-electron chi connectivity index (χ0n) is 35.1. The fraction of sp³-hybridized carbons (Fsp3) is 0.911. The van der Waals surface area contributed by atoms with E-state index in [9.17, 15) is 19.2 Å². The summed E-state index contributed by atoms with van der Waals surface area (Å²) in [5.74, 6) is -2.71. The zero-order chi connectivity index (χ0) is 39.2. The van der Waals surface area contributed by atoms with E-state index in [4.69, 9.17) is 19.3 Å². The molecule has 0 fully saturated rings. The van der Waals surface area contributed by atoms with Crippen molar-refractivity contribution in [3.05, 3.63) is 0 Å². The van der Waals surface area contributed by atoms with Gasteiger partial charge in [-0.15, -0.1) is 0 Å². The first-order valence-electron chi connectivity index (χ1n) is 22.5. The minimum atomic E-state index is -0.858. The minimum Gasteiger partial charge on any atom is -0.481 e. The quantitative estimate of drug-likeness (QED) is 0.0373. The van der Waals surface area contributed by atoms with E-state index in [-0.39, 0.29) is 25.2 Å². The van der Waals surface area contributed by atoms with Gasteiger partial charge in [0.25, 0.3) is 0 Å². The monoisotopic (exact) mass is 753 g/mol. The summed E-state index contributed by atoms with van der Waals surface area (Å²) in [6.07, 6.45) is 34.4. The number of unbranched alkanes of at least 4 members (excludes halogenated alkanes) is 25. The third kappa shape index (κ3) is 35.3. The zero-order valence-corrected chi connectivity index (χ0v) is 35.1. The van der Waals surface area contributed by atoms with Crippen molar-refractivity contribution in [3.63, 3.8) is 0 Å². The lowest BCUT2D eigenvalue weighted by Gasteiger charge is -2.20. The lowest BCUT2D eigenvalue weighted by atomic mass is 9.99. The minimum absolute atomic E-state index is 0.141. The topological polar surface area (TPSA) is 116 Å². The molecule has 0 aliphatic heterocycles. The third-order valence-corrected chi connectivity index (χ3v) is 10.5. The van der Waals surface area contributed by atoms with E-state index in [0.717, 1.165) is 38.5 Å². The number of carbonyl (C=O) groups is 4. The van der Waals surface area contributed by atoms with E-state index < -0.39 is 29.9 Å². The highest BCUT2D eigenvalue weighted by Gasteiger charge is 2.23. The lowest BCUT2D eigenvalue weighted by Crippen LogP contribution is -2.32. The molecule has 53 heavy (non-hydrogen) atoms. The molecular formula is C45H84O8. The van der Waals surface area contributed by atoms with Crippen LogP contribution in [0.3, 0.4) is 0 Å². The van der Waals surface area contributed by atoms with Crippen LogP contribution in [0.5, 0.6) is 0 Å². The molecule has 8 heteroatoms. The molecule has 8 nitrogen and oxygen atoms in total. The molecule has 0 aromatic carbocycles. The molecule has 0 saturated heterocycles. The van der Waals surface area contributed by atoms with Crippen LogP contribution in [0.4, 0.5) is 0 Å². The first-order valence-corrected chi connectivity index (χ1v) is 22.5. The van der Waals surface area contributed by atoms with E-state index in [1.54, 1.807) is 13.8 Å². The number of hydrogen-bond acceptors (Lipinski definition) is 7. The third-order valence-electron chi connectivity index (χ3n) is 10.5. The molecule has 0 rings (SSSR count). The Morgan fingerprint density at radius 3 is 1.06 bits per heavy atom. The van der Waals surface area contributed by atoms with Crippen LogP contribution >= 0.6 is 0 Å². The summed E-state index contributed by atoms with van der Waals surface area (Å²) in [6, 6.07) is 0. The van der Waals surface area contributed by atoms with Gasteiger partial charge in [-0.25, -0.2) is 0 Å². The van der Waals surface area contributed by atoms with Gasteiger partial charge >= 0.3 is 23.9 Å². The van der Waals surface area contributed by atoms with Crippen molar-refractivity contribution < 1.29 is 38.5 Å². The molecule has 0 bridgehead atoms. The summed E-state index contributed by atoms with van der Waals surface area (Å²) < 4.78 is 16.7. The van der Waals surface area contributed by atoms with Crippen LogP contribution in [-0.4, -0.2) is 48.3 Å². The summed E-state index contributed by atoms with van der Waals surface area (Å²) in [6.45, 7) is 7.69. The Kier molecular flexibility index (Phi) is 36.6. The first kappa shape index (κ1) is 50.9. The highest BCUT2D eigenvalue weighted by molar-refractivity contribution is 5.73. The van der Waals surface area contributed by atoms with Gasteiger partial charge in [0.05, 0.1) is 11.8 Å². The summed E-state index contributed by atoms with van der Waals surface area (Å²) in [4.78, 5) is 49.0. The number of rotatable bonds is 40. The van der Waals surface area contributed by atoms with Gasteiger partial charge in [0.1, 0.15) is 13.2 Å². The fourth-order valence-corrected chi connectivity index (χ4v) is 6.63. The standard InChI is InChI=1S/C45H84O8/c1-5-7-9-11-13-15-17-19-21-23-25-27-29-35-42(46)51-37-41(53-45(50)40(4)34-32-31-33-39(3)44(48)49)38-52-43(47)36-30-28-26-24-22-20-18-16-14-12-10-8-6-2/h39-41H,5-38H2,1-4H3,(H,48,49). The van der Waals surface area contributed by atoms with Crippen molar-refractivity contribution in [1.29, 1.82) is 0 Å². The maximum absolute atomic E-state index is 12.9. The van der Waals surface area contributed by atoms with Gasteiger partial charge < -0.3 is 19.3 Å². The molecule has 0 aromatic rings. The van der Waals surface area contributed by atoms with Gasteiger partial charge in [0.15, 0.2) is 6.10 Å². The molecule has 0 radical (unpaired) electrons. The second-order valence-electron chi connectivity index (χ2n) is 15.8. The van der Waals surface area contributed by atoms with Crippen molar-refractivity contribution in [1.82, 2.24) is 0 Å². The molecule has 1 N–H and O–H groups in total. The highest BCUT2D eigenvalue weighted by Crippen LogP contribution is 2.17. The normalized spacial score (nSPS) is 12.5. The van der Waals surface area contributed by atoms with Crippen LogP contribution in [0.1, 0.15) is 233 Å². The SMILES string of the molecule is CCCCCCCCCCCCCCCC(=O)OCC(COC(=O)CCCCCCCCCCCCCCC)OC(=O)C(C)CCCCC(C)C(=O)O. The van der Waals surface area contributed by atoms with Crippen molar-refractivity contribution in [2.45, 2.75) is 239 Å². The highest BCUT2D eigenvalue weighted by atomic mass is 16.6. The van der Waals surface area contributed by atoms with Gasteiger partial charge in [-0.05, 0) is 25.7 Å². The molecule has 0 amide bonds. The lowest BCUT2D eigenvalue weighted by molar-refractivity contribution is -0.169. The average molecular weight is 753 g/mol. The molecule has 0 aliphatic rings. The van der Waals surface area contributed by atoms with Gasteiger partial charge in [0, 0.05) is 12.8 Å². The first-order chi connectivity index (χ1) is 25.7. The Labute approximate surface area is 326 Å². The van der Waals surface area contributed by atoms with Crippen LogP contribution in [0.15, 0.2) is 0 Å². The van der Waals surface area contributed by atoms with E-state index >= 15 is 0 Å². The predicted molar refractivity (Wildman–Crippen MR) is 217 cm³/mol. The molecule has 312 valence electrons. The maximum Gasteiger partial charge on any atom is 0.309 e. The number of aliphatic carboxylic acids is 1. The smallest absolute Gasteiger partial charge is 0.309 e. The summed E-state index contributed by atoms with van der Waals surface area (Å²) in [5.41, 5.74) is 0. The van der Waals surface area contributed by atoms with Crippen LogP contribution in [-0.2, 0) is 33.4 Å². The number of hydrogen-bond donors (Lipinski definition) is 1. The summed E-state index contributed by atoms with van der Waals surface area (Å²) in [7, 11) is 0. The van der Waals surface area contributed by atoms with Crippen molar-refractivity contribution in [3.8, 4) is 0 Å². The number of esters is 3. The average Bonchev–Trinajstić information content (AvgIpc) is 3.14. The van der Waals surface area contributed by atoms with E-state index in [1.165, 1.54) is 128 Å². The van der Waals surface area contributed by atoms with E-state index in [0.29, 0.717) is 38.5 Å². The Hall–Kier alpha value is -2.12. The van der Waals surface area contributed by atoms with Crippen LogP contribution in [0.2, 0.25) is 0 Å².